The quantitative estimate of drug-likeness (QED) is 0.526. The van der Waals surface area contributed by atoms with Crippen LogP contribution < -0.4 is 11.1 Å². The molecule has 1 rings (SSSR count). The van der Waals surface area contributed by atoms with Crippen molar-refractivity contribution in [3.05, 3.63) is 0 Å². The Morgan fingerprint density at radius 2 is 1.83 bits per heavy atom. The summed E-state index contributed by atoms with van der Waals surface area (Å²) in [6.45, 7) is 2.19. The Balaban J connectivity index is 2.27. The largest absolute Gasteiger partial charge is 0.391 e. The van der Waals surface area contributed by atoms with E-state index in [-0.39, 0.29) is 11.4 Å². The number of rotatable bonds is 8. The van der Waals surface area contributed by atoms with E-state index in [1.165, 1.54) is 19.3 Å². The topological polar surface area (TPSA) is 55.1 Å². The van der Waals surface area contributed by atoms with Gasteiger partial charge in [-0.3, -0.25) is 4.79 Å². The van der Waals surface area contributed by atoms with Crippen molar-refractivity contribution < 1.29 is 4.79 Å². The number of thiocarbonyl (C=S) groups is 1. The smallest absolute Gasteiger partial charge is 0.220 e. The third-order valence-electron chi connectivity index (χ3n) is 3.81. The fourth-order valence-electron chi connectivity index (χ4n) is 2.63. The van der Waals surface area contributed by atoms with Crippen LogP contribution in [0.3, 0.4) is 0 Å². The van der Waals surface area contributed by atoms with Crippen LogP contribution in [0.25, 0.3) is 0 Å². The Morgan fingerprint density at radius 3 is 2.39 bits per heavy atom. The highest BCUT2D eigenvalue weighted by atomic mass is 32.1. The first-order valence-corrected chi connectivity index (χ1v) is 7.62. The van der Waals surface area contributed by atoms with Crippen LogP contribution in [0.1, 0.15) is 71.1 Å². The highest BCUT2D eigenvalue weighted by Gasteiger charge is 2.37. The monoisotopic (exact) mass is 270 g/mol. The summed E-state index contributed by atoms with van der Waals surface area (Å²) in [7, 11) is 0. The van der Waals surface area contributed by atoms with Crippen molar-refractivity contribution in [1.29, 1.82) is 0 Å². The molecule has 0 bridgehead atoms. The van der Waals surface area contributed by atoms with Gasteiger partial charge in [0.1, 0.15) is 0 Å². The lowest BCUT2D eigenvalue weighted by atomic mass is 9.97. The van der Waals surface area contributed by atoms with Gasteiger partial charge < -0.3 is 11.1 Å². The summed E-state index contributed by atoms with van der Waals surface area (Å²) >= 11 is 5.12. The van der Waals surface area contributed by atoms with E-state index in [1.54, 1.807) is 0 Å². The first-order chi connectivity index (χ1) is 8.60. The number of amides is 1. The van der Waals surface area contributed by atoms with Gasteiger partial charge in [0.2, 0.25) is 5.91 Å². The Hall–Kier alpha value is -0.640. The molecule has 0 saturated heterocycles. The van der Waals surface area contributed by atoms with E-state index in [2.05, 4.69) is 12.2 Å². The summed E-state index contributed by atoms with van der Waals surface area (Å²) in [5.41, 5.74) is 5.41. The fraction of sp³-hybridized carbons (Fsp3) is 0.857. The molecule has 0 aromatic rings. The Bertz CT molecular complexity index is 286. The zero-order chi connectivity index (χ0) is 13.4. The zero-order valence-electron chi connectivity index (χ0n) is 11.5. The Morgan fingerprint density at radius 1 is 1.22 bits per heavy atom. The normalized spacial score (nSPS) is 17.6. The van der Waals surface area contributed by atoms with Gasteiger partial charge in [-0.05, 0) is 19.3 Å². The van der Waals surface area contributed by atoms with E-state index in [9.17, 15) is 4.79 Å². The molecule has 0 aliphatic heterocycles. The SMILES string of the molecule is CCCCCCCC(=O)NC1(C(N)=S)CCCC1. The lowest BCUT2D eigenvalue weighted by Crippen LogP contribution is -2.54. The first kappa shape index (κ1) is 15.4. The van der Waals surface area contributed by atoms with Gasteiger partial charge in [-0.25, -0.2) is 0 Å². The van der Waals surface area contributed by atoms with Crippen LogP contribution in [0.4, 0.5) is 0 Å². The van der Waals surface area contributed by atoms with Crippen molar-refractivity contribution in [3.63, 3.8) is 0 Å². The number of unbranched alkanes of at least 4 members (excludes halogenated alkanes) is 4. The van der Waals surface area contributed by atoms with Gasteiger partial charge in [-0.1, -0.05) is 57.7 Å². The van der Waals surface area contributed by atoms with Crippen molar-refractivity contribution >= 4 is 23.1 Å². The van der Waals surface area contributed by atoms with Gasteiger partial charge in [0, 0.05) is 6.42 Å². The second kappa shape index (κ2) is 7.72. The highest BCUT2D eigenvalue weighted by Crippen LogP contribution is 2.30. The van der Waals surface area contributed by atoms with Crippen molar-refractivity contribution in [2.75, 3.05) is 0 Å². The predicted octanol–water partition coefficient (Wildman–Crippen LogP) is 3.06. The third-order valence-corrected chi connectivity index (χ3v) is 4.21. The van der Waals surface area contributed by atoms with Crippen LogP contribution in [0, 0.1) is 0 Å². The first-order valence-electron chi connectivity index (χ1n) is 7.21. The van der Waals surface area contributed by atoms with E-state index < -0.39 is 0 Å². The summed E-state index contributed by atoms with van der Waals surface area (Å²) in [5.74, 6) is 0.112. The molecule has 0 radical (unpaired) electrons. The average molecular weight is 270 g/mol. The molecule has 0 aromatic heterocycles. The van der Waals surface area contributed by atoms with E-state index in [0.717, 1.165) is 38.5 Å². The van der Waals surface area contributed by atoms with E-state index in [1.807, 2.05) is 0 Å². The molecule has 1 saturated carbocycles. The number of nitrogens with two attached hydrogens (primary N) is 1. The lowest BCUT2D eigenvalue weighted by Gasteiger charge is -2.29. The summed E-state index contributed by atoms with van der Waals surface area (Å²) in [4.78, 5) is 12.4. The molecule has 0 spiro atoms. The van der Waals surface area contributed by atoms with Gasteiger partial charge in [0.25, 0.3) is 0 Å². The minimum Gasteiger partial charge on any atom is -0.391 e. The number of hydrogen-bond acceptors (Lipinski definition) is 2. The van der Waals surface area contributed by atoms with Crippen LogP contribution >= 0.6 is 12.2 Å². The summed E-state index contributed by atoms with van der Waals surface area (Å²) in [6, 6.07) is 0. The molecule has 1 amide bonds. The van der Waals surface area contributed by atoms with Crippen LogP contribution in [0.5, 0.6) is 0 Å². The van der Waals surface area contributed by atoms with Crippen LogP contribution in [-0.2, 0) is 4.79 Å². The molecule has 0 atom stereocenters. The van der Waals surface area contributed by atoms with Crippen molar-refractivity contribution in [3.8, 4) is 0 Å². The molecule has 3 N–H and O–H groups in total. The third kappa shape index (κ3) is 4.56. The number of carbonyl (C=O) groups excluding carboxylic acids is 1. The van der Waals surface area contributed by atoms with Gasteiger partial charge in [-0.2, -0.15) is 0 Å². The van der Waals surface area contributed by atoms with Gasteiger partial charge in [-0.15, -0.1) is 0 Å². The van der Waals surface area contributed by atoms with Crippen molar-refractivity contribution in [2.24, 2.45) is 5.73 Å². The highest BCUT2D eigenvalue weighted by molar-refractivity contribution is 7.80. The maximum atomic E-state index is 11.9. The van der Waals surface area contributed by atoms with Crippen molar-refractivity contribution in [2.45, 2.75) is 76.7 Å². The lowest BCUT2D eigenvalue weighted by molar-refractivity contribution is -0.122. The Labute approximate surface area is 116 Å². The Kier molecular flexibility index (Phi) is 6.61. The van der Waals surface area contributed by atoms with Crippen LogP contribution in [0.2, 0.25) is 0 Å². The molecule has 0 aromatic carbocycles. The molecule has 4 heteroatoms. The van der Waals surface area contributed by atoms with E-state index >= 15 is 0 Å². The molecule has 0 heterocycles. The van der Waals surface area contributed by atoms with E-state index in [0.29, 0.717) is 11.4 Å². The summed E-state index contributed by atoms with van der Waals surface area (Å²) in [6.07, 6.45) is 10.5. The molecule has 1 aliphatic rings. The molecule has 3 nitrogen and oxygen atoms in total. The van der Waals surface area contributed by atoms with Crippen LogP contribution in [-0.4, -0.2) is 16.4 Å². The minimum atomic E-state index is -0.379. The summed E-state index contributed by atoms with van der Waals surface area (Å²) < 4.78 is 0. The molecular formula is C14H26N2OS. The molecule has 1 aliphatic carbocycles. The van der Waals surface area contributed by atoms with Gasteiger partial charge >= 0.3 is 0 Å². The fourth-order valence-corrected chi connectivity index (χ4v) is 2.89. The molecule has 1 fully saturated rings. The maximum Gasteiger partial charge on any atom is 0.220 e. The van der Waals surface area contributed by atoms with Gasteiger partial charge in [0.15, 0.2) is 0 Å². The van der Waals surface area contributed by atoms with E-state index in [4.69, 9.17) is 18.0 Å². The molecule has 18 heavy (non-hydrogen) atoms. The molecular weight excluding hydrogens is 244 g/mol. The summed E-state index contributed by atoms with van der Waals surface area (Å²) in [5, 5.41) is 3.08. The number of carbonyl (C=O) groups is 1. The average Bonchev–Trinajstić information content (AvgIpc) is 2.78. The number of hydrogen-bond donors (Lipinski definition) is 2. The molecule has 104 valence electrons. The number of nitrogens with one attached hydrogen (secondary N) is 1. The second-order valence-electron chi connectivity index (χ2n) is 5.37. The zero-order valence-corrected chi connectivity index (χ0v) is 12.3. The van der Waals surface area contributed by atoms with Crippen molar-refractivity contribution in [1.82, 2.24) is 5.32 Å². The standard InChI is InChI=1S/C14H26N2OS/c1-2-3-4-5-6-9-12(17)16-14(13(15)18)10-7-8-11-14/h2-11H2,1H3,(H2,15,18)(H,16,17). The van der Waals surface area contributed by atoms with Crippen LogP contribution in [0.15, 0.2) is 0 Å². The minimum absolute atomic E-state index is 0.112. The molecule has 0 unspecified atom stereocenters. The van der Waals surface area contributed by atoms with Gasteiger partial charge in [0.05, 0.1) is 10.5 Å². The maximum absolute atomic E-state index is 11.9. The predicted molar refractivity (Wildman–Crippen MR) is 79.5 cm³/mol. The second-order valence-corrected chi connectivity index (χ2v) is 5.81.